The van der Waals surface area contributed by atoms with Gasteiger partial charge in [0.1, 0.15) is 10.1 Å². The van der Waals surface area contributed by atoms with Gasteiger partial charge in [0, 0.05) is 21.8 Å². The van der Waals surface area contributed by atoms with Crippen LogP contribution in [0.2, 0.25) is 0 Å². The summed E-state index contributed by atoms with van der Waals surface area (Å²) in [6.07, 6.45) is 98.9. The molecule has 0 saturated heterocycles. The highest BCUT2D eigenvalue weighted by atomic mass is 32.2. The molecule has 0 saturated carbocycles. The van der Waals surface area contributed by atoms with Crippen molar-refractivity contribution in [1.82, 2.24) is 0 Å². The van der Waals surface area contributed by atoms with Crippen LogP contribution in [-0.2, 0) is 10.1 Å². The smallest absolute Gasteiger partial charge is 0.125 e. The lowest BCUT2D eigenvalue weighted by Gasteiger charge is -2.28. The first-order chi connectivity index (χ1) is 48.9. The van der Waals surface area contributed by atoms with Crippen LogP contribution in [0.25, 0.3) is 10.8 Å². The van der Waals surface area contributed by atoms with Crippen molar-refractivity contribution in [2.24, 2.45) is 0 Å². The maximum Gasteiger partial charge on any atom is 0.125 e. The summed E-state index contributed by atoms with van der Waals surface area (Å²) >= 11 is 0. The number of carbonyl (C=O) groups is 2. The van der Waals surface area contributed by atoms with Crippen LogP contribution in [0.5, 0.6) is 0 Å². The number of benzene rings is 2. The fourth-order valence-electron chi connectivity index (χ4n) is 15.1. The molecule has 0 aliphatic heterocycles. The van der Waals surface area contributed by atoms with Gasteiger partial charge in [0.25, 0.3) is 0 Å². The summed E-state index contributed by atoms with van der Waals surface area (Å²) < 4.78 is 33.4. The zero-order chi connectivity index (χ0) is 75.2. The highest BCUT2D eigenvalue weighted by molar-refractivity contribution is 7.86. The quantitative estimate of drug-likeness (QED) is 0.0365. The van der Waals surface area contributed by atoms with Crippen molar-refractivity contribution in [3.05, 3.63) is 41.5 Å². The molecule has 0 aliphatic carbocycles. The van der Waals surface area contributed by atoms with Crippen molar-refractivity contribution in [1.29, 1.82) is 0 Å². The highest BCUT2D eigenvalue weighted by Crippen LogP contribution is 2.63. The lowest BCUT2D eigenvalue weighted by molar-refractivity contribution is -0.256. The number of aromatic carboxylic acids is 2. The lowest BCUT2D eigenvalue weighted by Crippen LogP contribution is -2.23. The summed E-state index contributed by atoms with van der Waals surface area (Å²) in [5.41, 5.74) is -0.815. The van der Waals surface area contributed by atoms with Gasteiger partial charge in [0.15, 0.2) is 0 Å². The van der Waals surface area contributed by atoms with Crippen LogP contribution >= 0.6 is 21.8 Å². The van der Waals surface area contributed by atoms with Crippen LogP contribution in [0.15, 0.2) is 35.2 Å². The Bertz CT molecular complexity index is 2050. The molecule has 0 spiro atoms. The van der Waals surface area contributed by atoms with Crippen molar-refractivity contribution >= 4 is 54.6 Å². The second-order valence-electron chi connectivity index (χ2n) is 31.5. The van der Waals surface area contributed by atoms with E-state index in [9.17, 15) is 32.8 Å². The Morgan fingerprint density at radius 3 is 0.624 bits per heavy atom. The Morgan fingerprint density at radius 1 is 0.257 bits per heavy atom. The number of carboxylic acids is 2. The van der Waals surface area contributed by atoms with Crippen LogP contribution in [-0.4, -0.2) is 98.9 Å². The van der Waals surface area contributed by atoms with E-state index in [1.54, 1.807) is 93.2 Å². The number of hydrogen-bond acceptors (Lipinski definition) is 7. The maximum absolute atomic E-state index is 11.1. The summed E-state index contributed by atoms with van der Waals surface area (Å²) in [4.78, 5) is 20.8. The van der Waals surface area contributed by atoms with E-state index < -0.39 is 54.3 Å². The first kappa shape index (κ1) is 102. The van der Waals surface area contributed by atoms with Gasteiger partial charge in [0.2, 0.25) is 0 Å². The van der Waals surface area contributed by atoms with Crippen LogP contribution in [0.1, 0.15) is 451 Å². The van der Waals surface area contributed by atoms with E-state index in [4.69, 9.17) is 0 Å². The Balaban J connectivity index is 0. The summed E-state index contributed by atoms with van der Waals surface area (Å²) in [6.45, 7) is 28.4. The molecule has 0 atom stereocenters. The third kappa shape index (κ3) is 56.7. The second kappa shape index (κ2) is 71.7. The summed E-state index contributed by atoms with van der Waals surface area (Å²) in [5.74, 6) is -3.20. The molecular formula is C90H173O7P3S. The minimum atomic E-state index is -4.92. The molecule has 2 rings (SSSR count). The Kier molecular flexibility index (Phi) is 72.4. The van der Waals surface area contributed by atoms with Crippen LogP contribution < -0.4 is 10.2 Å². The van der Waals surface area contributed by atoms with E-state index >= 15 is 0 Å². The fraction of sp³-hybridized carbons (Fsp3) is 0.867. The molecule has 2 aromatic rings. The molecule has 0 bridgehead atoms. The van der Waals surface area contributed by atoms with Gasteiger partial charge < -0.3 is 24.4 Å². The number of unbranched alkanes of at least 4 members (excludes halogenated alkanes) is 42. The van der Waals surface area contributed by atoms with Gasteiger partial charge in [-0.05, 0) is 136 Å². The van der Waals surface area contributed by atoms with Gasteiger partial charge in [0.05, 0.1) is 90.8 Å². The van der Waals surface area contributed by atoms with E-state index in [-0.39, 0.29) is 16.3 Å². The molecular weight excluding hydrogens is 1320 g/mol. The molecule has 0 N–H and O–H groups in total. The van der Waals surface area contributed by atoms with Gasteiger partial charge in [-0.25, -0.2) is 8.42 Å². The van der Waals surface area contributed by atoms with Crippen molar-refractivity contribution in [2.75, 3.05) is 73.9 Å². The molecule has 101 heavy (non-hydrogen) atoms. The normalized spacial score (nSPS) is 11.9. The number of fused-ring (bicyclic) bond motifs is 1. The zero-order valence-electron chi connectivity index (χ0n) is 69.7. The van der Waals surface area contributed by atoms with Crippen LogP contribution in [0.4, 0.5) is 0 Å². The lowest BCUT2D eigenvalue weighted by atomic mass is 10.0. The molecule has 0 amide bonds. The first-order valence-electron chi connectivity index (χ1n) is 44.4. The van der Waals surface area contributed by atoms with Crippen molar-refractivity contribution in [3.63, 3.8) is 0 Å². The molecule has 0 fully saturated rings. The molecule has 2 aromatic carbocycles. The van der Waals surface area contributed by atoms with Crippen molar-refractivity contribution in [3.8, 4) is 0 Å². The minimum absolute atomic E-state index is 0.0252. The molecule has 0 aromatic heterocycles. The monoisotopic (exact) mass is 1490 g/mol. The molecule has 596 valence electrons. The van der Waals surface area contributed by atoms with E-state index in [0.29, 0.717) is 6.07 Å². The van der Waals surface area contributed by atoms with Gasteiger partial charge in [-0.3, -0.25) is 0 Å². The molecule has 0 aliphatic rings. The van der Waals surface area contributed by atoms with Crippen LogP contribution in [0.3, 0.4) is 0 Å². The van der Waals surface area contributed by atoms with Crippen molar-refractivity contribution < 1.29 is 32.8 Å². The van der Waals surface area contributed by atoms with Gasteiger partial charge in [-0.15, -0.1) is 0 Å². The number of carbonyl (C=O) groups excluding carboxylic acids is 2. The average molecular weight is 1490 g/mol. The topological polar surface area (TPSA) is 137 Å². The predicted molar refractivity (Wildman–Crippen MR) is 457 cm³/mol. The summed E-state index contributed by atoms with van der Waals surface area (Å²) in [7, 11) is -6.80. The SMILES string of the molecule is CCCCCCCCCCCCCC[P+](CCCC)(CCCC)CCCC.CCCCCCCCCCCCCC[P+](CCCC)(CCCC)CCCC.CCCCCCCCCCCCCC[P+](CCCC)(CCCC)CCCC.O=C([O-])c1ccc2c(S(=O)(=O)[O-])cc(C(=O)[O-])cc2c1. The summed E-state index contributed by atoms with van der Waals surface area (Å²) in [5, 5.41) is 21.4. The number of carboxylic acid groups (broad SMARTS) is 2. The summed E-state index contributed by atoms with van der Waals surface area (Å²) in [6, 6.07) is 4.88. The largest absolute Gasteiger partial charge is 0.744 e. The average Bonchev–Trinajstić information content (AvgIpc) is 0.777. The highest BCUT2D eigenvalue weighted by Gasteiger charge is 2.37. The van der Waals surface area contributed by atoms with Gasteiger partial charge >= 0.3 is 0 Å². The van der Waals surface area contributed by atoms with Gasteiger partial charge in [-0.1, -0.05) is 346 Å². The molecule has 0 radical (unpaired) electrons. The van der Waals surface area contributed by atoms with E-state index in [0.717, 1.165) is 24.3 Å². The first-order valence-corrected chi connectivity index (χ1v) is 53.4. The van der Waals surface area contributed by atoms with Gasteiger partial charge in [-0.2, -0.15) is 0 Å². The zero-order valence-corrected chi connectivity index (χ0v) is 73.2. The van der Waals surface area contributed by atoms with E-state index in [2.05, 4.69) is 83.1 Å². The number of rotatable bonds is 69. The van der Waals surface area contributed by atoms with Crippen LogP contribution in [0, 0.1) is 0 Å². The Hall–Kier alpha value is -1.16. The molecule has 7 nitrogen and oxygen atoms in total. The Morgan fingerprint density at radius 2 is 0.436 bits per heavy atom. The number of hydrogen-bond donors (Lipinski definition) is 0. The Labute approximate surface area is 633 Å². The minimum Gasteiger partial charge on any atom is -0.744 e. The predicted octanol–water partition coefficient (Wildman–Crippen LogP) is 28.8. The van der Waals surface area contributed by atoms with E-state index in [1.165, 1.54) is 327 Å². The molecule has 0 heterocycles. The molecule has 0 unspecified atom stereocenters. The second-order valence-corrected chi connectivity index (χ2v) is 46.3. The van der Waals surface area contributed by atoms with Crippen molar-refractivity contribution in [2.45, 2.75) is 435 Å². The van der Waals surface area contributed by atoms with E-state index in [1.807, 2.05) is 0 Å². The third-order valence-corrected chi connectivity index (χ3v) is 38.0. The fourth-order valence-corrected chi connectivity index (χ4v) is 31.4. The third-order valence-electron chi connectivity index (χ3n) is 22.0. The maximum atomic E-state index is 11.1. The molecule has 11 heteroatoms. The standard InChI is InChI=1S/3C26H56P.C12H8O7S/c3*1-5-9-13-14-15-16-17-18-19-20-21-22-26-27(23-10-6-2,24-11-7-3)25-12-8-4;13-11(14)6-1-2-9-7(3-6)4-8(12(15)16)5-10(9)20(17,18)19/h3*5-26H2,1-4H3;1-5H,(H,13,14)(H,15,16)(H,17,18,19)/q3*+1;/p-3.